The Morgan fingerprint density at radius 1 is 0.857 bits per heavy atom. The molecular weight excluding hydrogens is 526 g/mol. The number of aryl methyl sites for hydroxylation is 1. The molecule has 0 radical (unpaired) electrons. The molecule has 6 nitrogen and oxygen atoms in total. The Morgan fingerprint density at radius 3 is 2.31 bits per heavy atom. The second kappa shape index (κ2) is 16.8. The highest BCUT2D eigenvalue weighted by Gasteiger charge is 2.28. The standard InChI is InChI=1S/C36H49NO5/c1-36(2)41-27-31-24-30(20-21-35(31)42-36)34(39)25-37-33(32(26-38)29-17-8-4-9-18-29)19-10-5-12-22-40-23-13-11-16-28-14-6-3-7-15-28/h3-4,6-9,14-15,17-18,20-21,24,32-34,37-39H,5,10-13,16,19,22-23,25-27H2,1-2H3/t32-,33?,34-/m0/s1. The molecule has 4 rings (SSSR count). The summed E-state index contributed by atoms with van der Waals surface area (Å²) in [5.41, 5.74) is 4.27. The smallest absolute Gasteiger partial charge is 0.205 e. The van der Waals surface area contributed by atoms with Crippen molar-refractivity contribution in [3.8, 4) is 5.75 Å². The van der Waals surface area contributed by atoms with Crippen LogP contribution in [0, 0.1) is 0 Å². The summed E-state index contributed by atoms with van der Waals surface area (Å²) in [4.78, 5) is 0. The summed E-state index contributed by atoms with van der Waals surface area (Å²) in [5, 5.41) is 25.0. The zero-order valence-corrected chi connectivity index (χ0v) is 25.3. The molecule has 0 saturated carbocycles. The number of unbranched alkanes of at least 4 members (excludes halogenated alkanes) is 3. The molecule has 0 amide bonds. The Bertz CT molecular complexity index is 1170. The predicted octanol–water partition coefficient (Wildman–Crippen LogP) is 6.70. The van der Waals surface area contributed by atoms with E-state index in [-0.39, 0.29) is 18.6 Å². The van der Waals surface area contributed by atoms with E-state index in [1.54, 1.807) is 0 Å². The van der Waals surface area contributed by atoms with Crippen LogP contribution >= 0.6 is 0 Å². The van der Waals surface area contributed by atoms with Crippen molar-refractivity contribution in [3.05, 3.63) is 101 Å². The summed E-state index contributed by atoms with van der Waals surface area (Å²) in [6, 6.07) is 26.6. The van der Waals surface area contributed by atoms with Gasteiger partial charge >= 0.3 is 0 Å². The lowest BCUT2D eigenvalue weighted by atomic mass is 9.88. The molecule has 0 spiro atoms. The molecule has 228 valence electrons. The number of nitrogens with one attached hydrogen (secondary N) is 1. The van der Waals surface area contributed by atoms with Gasteiger partial charge in [-0.05, 0) is 60.9 Å². The van der Waals surface area contributed by atoms with Crippen molar-refractivity contribution < 1.29 is 24.4 Å². The maximum absolute atomic E-state index is 11.1. The van der Waals surface area contributed by atoms with Gasteiger partial charge in [0.05, 0.1) is 19.3 Å². The van der Waals surface area contributed by atoms with E-state index < -0.39 is 11.9 Å². The predicted molar refractivity (Wildman–Crippen MR) is 168 cm³/mol. The summed E-state index contributed by atoms with van der Waals surface area (Å²) < 4.78 is 17.6. The third-order valence-electron chi connectivity index (χ3n) is 8.03. The van der Waals surface area contributed by atoms with E-state index in [1.165, 1.54) is 5.56 Å². The topological polar surface area (TPSA) is 80.2 Å². The number of aliphatic hydroxyl groups is 2. The van der Waals surface area contributed by atoms with E-state index in [2.05, 4.69) is 47.8 Å². The summed E-state index contributed by atoms with van der Waals surface area (Å²) >= 11 is 0. The molecule has 0 bridgehead atoms. The number of hydrogen-bond acceptors (Lipinski definition) is 6. The minimum atomic E-state index is -0.682. The number of benzene rings is 3. The zero-order valence-electron chi connectivity index (χ0n) is 25.3. The molecule has 3 atom stereocenters. The summed E-state index contributed by atoms with van der Waals surface area (Å²) in [7, 11) is 0. The van der Waals surface area contributed by atoms with Gasteiger partial charge < -0.3 is 29.7 Å². The van der Waals surface area contributed by atoms with E-state index in [4.69, 9.17) is 14.2 Å². The number of ether oxygens (including phenoxy) is 3. The second-order valence-corrected chi connectivity index (χ2v) is 11.8. The molecule has 0 fully saturated rings. The average Bonchev–Trinajstić information content (AvgIpc) is 3.01. The van der Waals surface area contributed by atoms with E-state index in [1.807, 2.05) is 50.2 Å². The SMILES string of the molecule is CC1(C)OCc2cc([C@@H](O)CNC(CCCCCOCCCCc3ccccc3)[C@@H](CO)c3ccccc3)ccc2O1. The van der Waals surface area contributed by atoms with Crippen LogP contribution in [-0.2, 0) is 22.5 Å². The second-order valence-electron chi connectivity index (χ2n) is 11.8. The number of hydrogen-bond donors (Lipinski definition) is 3. The molecule has 0 aromatic heterocycles. The molecular formula is C36H49NO5. The molecule has 1 aliphatic rings. The maximum atomic E-state index is 11.1. The number of aliphatic hydroxyl groups excluding tert-OH is 2. The molecule has 0 saturated heterocycles. The van der Waals surface area contributed by atoms with E-state index in [9.17, 15) is 10.2 Å². The van der Waals surface area contributed by atoms with E-state index in [0.29, 0.717) is 13.2 Å². The van der Waals surface area contributed by atoms with Crippen LogP contribution in [0.4, 0.5) is 0 Å². The van der Waals surface area contributed by atoms with Gasteiger partial charge in [0.25, 0.3) is 0 Å². The highest BCUT2D eigenvalue weighted by molar-refractivity contribution is 5.39. The first-order valence-electron chi connectivity index (χ1n) is 15.6. The van der Waals surface area contributed by atoms with Gasteiger partial charge in [-0.25, -0.2) is 0 Å². The maximum Gasteiger partial charge on any atom is 0.205 e. The fourth-order valence-corrected chi connectivity index (χ4v) is 5.58. The van der Waals surface area contributed by atoms with Gasteiger partial charge in [0.1, 0.15) is 5.75 Å². The van der Waals surface area contributed by atoms with Gasteiger partial charge in [-0.15, -0.1) is 0 Å². The average molecular weight is 576 g/mol. The van der Waals surface area contributed by atoms with Crippen molar-refractivity contribution in [1.82, 2.24) is 5.32 Å². The lowest BCUT2D eigenvalue weighted by Crippen LogP contribution is -2.39. The van der Waals surface area contributed by atoms with Crippen LogP contribution < -0.4 is 10.1 Å². The van der Waals surface area contributed by atoms with Crippen LogP contribution in [0.1, 0.15) is 86.6 Å². The van der Waals surface area contributed by atoms with Crippen molar-refractivity contribution in [3.63, 3.8) is 0 Å². The summed E-state index contributed by atoms with van der Waals surface area (Å²) in [6.07, 6.45) is 6.69. The lowest BCUT2D eigenvalue weighted by molar-refractivity contribution is -0.180. The Balaban J connectivity index is 1.22. The van der Waals surface area contributed by atoms with Crippen LogP contribution in [0.2, 0.25) is 0 Å². The first-order chi connectivity index (χ1) is 20.4. The van der Waals surface area contributed by atoms with Crippen molar-refractivity contribution in [1.29, 1.82) is 0 Å². The fraction of sp³-hybridized carbons (Fsp3) is 0.500. The molecule has 3 aromatic rings. The minimum Gasteiger partial charge on any atom is -0.463 e. The van der Waals surface area contributed by atoms with Gasteiger partial charge in [-0.1, -0.05) is 79.6 Å². The lowest BCUT2D eigenvalue weighted by Gasteiger charge is -2.33. The molecule has 3 aromatic carbocycles. The fourth-order valence-electron chi connectivity index (χ4n) is 5.58. The van der Waals surface area contributed by atoms with Crippen LogP contribution in [0.25, 0.3) is 0 Å². The van der Waals surface area contributed by atoms with E-state index >= 15 is 0 Å². The molecule has 1 unspecified atom stereocenters. The molecule has 0 aliphatic carbocycles. The minimum absolute atomic E-state index is 0.0380. The molecule has 3 N–H and O–H groups in total. The Labute approximate surface area is 252 Å². The van der Waals surface area contributed by atoms with Crippen LogP contribution in [0.3, 0.4) is 0 Å². The number of rotatable bonds is 18. The zero-order chi connectivity index (χ0) is 29.6. The Hall–Kier alpha value is -2.74. The van der Waals surface area contributed by atoms with Crippen molar-refractivity contribution in [2.45, 2.75) is 89.3 Å². The highest BCUT2D eigenvalue weighted by Crippen LogP contribution is 2.33. The highest BCUT2D eigenvalue weighted by atomic mass is 16.7. The van der Waals surface area contributed by atoms with Gasteiger partial charge in [0.15, 0.2) is 0 Å². The van der Waals surface area contributed by atoms with Gasteiger partial charge in [0, 0.05) is 51.1 Å². The van der Waals surface area contributed by atoms with Crippen molar-refractivity contribution >= 4 is 0 Å². The molecule has 42 heavy (non-hydrogen) atoms. The monoisotopic (exact) mass is 575 g/mol. The number of fused-ring (bicyclic) bond motifs is 1. The molecule has 1 heterocycles. The van der Waals surface area contributed by atoms with Crippen molar-refractivity contribution in [2.24, 2.45) is 0 Å². The summed E-state index contributed by atoms with van der Waals surface area (Å²) in [6.45, 7) is 6.29. The normalized spacial score (nSPS) is 16.3. The summed E-state index contributed by atoms with van der Waals surface area (Å²) in [5.74, 6) is 0.105. The van der Waals surface area contributed by atoms with Crippen LogP contribution in [0.15, 0.2) is 78.9 Å². The van der Waals surface area contributed by atoms with Crippen LogP contribution in [-0.4, -0.2) is 48.4 Å². The molecule has 6 heteroatoms. The molecule has 1 aliphatic heterocycles. The van der Waals surface area contributed by atoms with Gasteiger partial charge in [-0.3, -0.25) is 0 Å². The third kappa shape index (κ3) is 10.2. The van der Waals surface area contributed by atoms with E-state index in [0.717, 1.165) is 80.6 Å². The van der Waals surface area contributed by atoms with Crippen LogP contribution in [0.5, 0.6) is 5.75 Å². The first-order valence-corrected chi connectivity index (χ1v) is 15.6. The third-order valence-corrected chi connectivity index (χ3v) is 8.03. The van der Waals surface area contributed by atoms with Gasteiger partial charge in [0.2, 0.25) is 5.79 Å². The Morgan fingerprint density at radius 2 is 1.57 bits per heavy atom. The van der Waals surface area contributed by atoms with Gasteiger partial charge in [-0.2, -0.15) is 0 Å². The first kappa shape index (κ1) is 32.2. The quantitative estimate of drug-likeness (QED) is 0.147. The largest absolute Gasteiger partial charge is 0.463 e. The Kier molecular flexibility index (Phi) is 12.9. The van der Waals surface area contributed by atoms with Crippen molar-refractivity contribution in [2.75, 3.05) is 26.4 Å².